The van der Waals surface area contributed by atoms with Crippen LogP contribution in [0, 0.1) is 0 Å². The molecule has 1 atom stereocenters. The van der Waals surface area contributed by atoms with Crippen LogP contribution in [-0.4, -0.2) is 42.9 Å². The Morgan fingerprint density at radius 2 is 1.90 bits per heavy atom. The SMILES string of the molecule is CC(CN)N(C)C(=O)CCNC(=O)c1ccc(Br)cc1.Cl. The van der Waals surface area contributed by atoms with Gasteiger partial charge in [-0.2, -0.15) is 0 Å². The van der Waals surface area contributed by atoms with Crippen LogP contribution in [0.4, 0.5) is 0 Å². The summed E-state index contributed by atoms with van der Waals surface area (Å²) in [4.78, 5) is 25.2. The van der Waals surface area contributed by atoms with Gasteiger partial charge in [0.05, 0.1) is 0 Å². The van der Waals surface area contributed by atoms with Gasteiger partial charge >= 0.3 is 0 Å². The third-order valence-corrected chi connectivity index (χ3v) is 3.66. The van der Waals surface area contributed by atoms with E-state index in [1.165, 1.54) is 0 Å². The molecule has 0 radical (unpaired) electrons. The second kappa shape index (κ2) is 9.76. The Morgan fingerprint density at radius 1 is 1.33 bits per heavy atom. The molecular formula is C14H21BrClN3O2. The number of benzene rings is 1. The van der Waals surface area contributed by atoms with E-state index in [-0.39, 0.29) is 36.7 Å². The fourth-order valence-corrected chi connectivity index (χ4v) is 1.83. The Labute approximate surface area is 139 Å². The van der Waals surface area contributed by atoms with Gasteiger partial charge in [0.1, 0.15) is 0 Å². The Morgan fingerprint density at radius 3 is 2.43 bits per heavy atom. The van der Waals surface area contributed by atoms with Gasteiger partial charge in [-0.1, -0.05) is 15.9 Å². The van der Waals surface area contributed by atoms with Crippen LogP contribution in [0.5, 0.6) is 0 Å². The number of amides is 2. The number of hydrogen-bond donors (Lipinski definition) is 2. The summed E-state index contributed by atoms with van der Waals surface area (Å²) in [6.07, 6.45) is 0.267. The molecule has 2 amide bonds. The molecule has 0 spiro atoms. The average Bonchev–Trinajstić information content (AvgIpc) is 2.45. The lowest BCUT2D eigenvalue weighted by molar-refractivity contribution is -0.131. The lowest BCUT2D eigenvalue weighted by Crippen LogP contribution is -2.41. The number of carbonyl (C=O) groups excluding carboxylic acids is 2. The minimum absolute atomic E-state index is 0. The van der Waals surface area contributed by atoms with Crippen molar-refractivity contribution in [3.05, 3.63) is 34.3 Å². The van der Waals surface area contributed by atoms with Crippen LogP contribution in [0.1, 0.15) is 23.7 Å². The molecule has 0 fully saturated rings. The fraction of sp³-hybridized carbons (Fsp3) is 0.429. The van der Waals surface area contributed by atoms with Gasteiger partial charge in [0.25, 0.3) is 5.91 Å². The average molecular weight is 379 g/mol. The standard InChI is InChI=1S/C14H20BrN3O2.ClH/c1-10(9-16)18(2)13(19)7-8-17-14(20)11-3-5-12(15)6-4-11;/h3-6,10H,7-9,16H2,1-2H3,(H,17,20);1H. The number of carbonyl (C=O) groups is 2. The maximum absolute atomic E-state index is 11.8. The minimum atomic E-state index is -0.181. The van der Waals surface area contributed by atoms with Crippen LogP contribution < -0.4 is 11.1 Å². The van der Waals surface area contributed by atoms with Gasteiger partial charge in [-0.05, 0) is 31.2 Å². The van der Waals surface area contributed by atoms with Crippen LogP contribution in [0.15, 0.2) is 28.7 Å². The molecule has 0 heterocycles. The van der Waals surface area contributed by atoms with Gasteiger partial charge in [-0.3, -0.25) is 9.59 Å². The highest BCUT2D eigenvalue weighted by atomic mass is 79.9. The van der Waals surface area contributed by atoms with E-state index in [0.29, 0.717) is 18.7 Å². The highest BCUT2D eigenvalue weighted by molar-refractivity contribution is 9.10. The second-order valence-corrected chi connectivity index (χ2v) is 5.52. The van der Waals surface area contributed by atoms with Gasteiger partial charge < -0.3 is 16.0 Å². The molecule has 0 bridgehead atoms. The maximum Gasteiger partial charge on any atom is 0.251 e. The lowest BCUT2D eigenvalue weighted by Gasteiger charge is -2.23. The van der Waals surface area contributed by atoms with Crippen LogP contribution in [0.3, 0.4) is 0 Å². The van der Waals surface area contributed by atoms with E-state index < -0.39 is 0 Å². The largest absolute Gasteiger partial charge is 0.352 e. The van der Waals surface area contributed by atoms with Crippen molar-refractivity contribution in [3.8, 4) is 0 Å². The highest BCUT2D eigenvalue weighted by Crippen LogP contribution is 2.10. The van der Waals surface area contributed by atoms with Crippen molar-refractivity contribution < 1.29 is 9.59 Å². The van der Waals surface area contributed by atoms with Crippen molar-refractivity contribution in [1.29, 1.82) is 0 Å². The molecule has 1 aromatic rings. The Hall–Kier alpha value is -1.11. The number of hydrogen-bond acceptors (Lipinski definition) is 3. The van der Waals surface area contributed by atoms with Crippen LogP contribution in [0.25, 0.3) is 0 Å². The van der Waals surface area contributed by atoms with Crippen molar-refractivity contribution in [3.63, 3.8) is 0 Å². The fourth-order valence-electron chi connectivity index (χ4n) is 1.57. The predicted molar refractivity (Wildman–Crippen MR) is 89.6 cm³/mol. The van der Waals surface area contributed by atoms with Crippen molar-refractivity contribution in [2.45, 2.75) is 19.4 Å². The van der Waals surface area contributed by atoms with Gasteiger partial charge in [-0.25, -0.2) is 0 Å². The first-order valence-corrected chi connectivity index (χ1v) is 7.24. The summed E-state index contributed by atoms with van der Waals surface area (Å²) in [5.41, 5.74) is 6.08. The van der Waals surface area contributed by atoms with E-state index in [1.54, 1.807) is 36.2 Å². The molecule has 7 heteroatoms. The predicted octanol–water partition coefficient (Wildman–Crippen LogP) is 1.80. The van der Waals surface area contributed by atoms with E-state index in [2.05, 4.69) is 21.2 Å². The molecule has 0 saturated heterocycles. The summed E-state index contributed by atoms with van der Waals surface area (Å²) in [5.74, 6) is -0.209. The Balaban J connectivity index is 0.00000400. The number of halogens is 2. The summed E-state index contributed by atoms with van der Waals surface area (Å²) in [7, 11) is 1.72. The number of rotatable bonds is 6. The normalized spacial score (nSPS) is 11.2. The summed E-state index contributed by atoms with van der Waals surface area (Å²) in [6, 6.07) is 7.06. The van der Waals surface area contributed by atoms with Crippen LogP contribution >= 0.6 is 28.3 Å². The molecular weight excluding hydrogens is 358 g/mol. The smallest absolute Gasteiger partial charge is 0.251 e. The summed E-state index contributed by atoms with van der Waals surface area (Å²) < 4.78 is 0.918. The Kier molecular flexibility index (Phi) is 9.24. The number of nitrogens with zero attached hydrogens (tertiary/aromatic N) is 1. The zero-order valence-corrected chi connectivity index (χ0v) is 14.5. The molecule has 3 N–H and O–H groups in total. The van der Waals surface area contributed by atoms with Gasteiger partial charge in [-0.15, -0.1) is 12.4 Å². The second-order valence-electron chi connectivity index (χ2n) is 4.60. The molecule has 1 rings (SSSR count). The topological polar surface area (TPSA) is 75.4 Å². The molecule has 0 aliphatic carbocycles. The molecule has 5 nitrogen and oxygen atoms in total. The summed E-state index contributed by atoms with van der Waals surface area (Å²) in [6.45, 7) is 2.63. The number of nitrogens with two attached hydrogens (primary N) is 1. The van der Waals surface area contributed by atoms with Crippen LogP contribution in [0.2, 0.25) is 0 Å². The van der Waals surface area contributed by atoms with Crippen LogP contribution in [-0.2, 0) is 4.79 Å². The molecule has 1 unspecified atom stereocenters. The van der Waals surface area contributed by atoms with Crippen molar-refractivity contribution >= 4 is 40.2 Å². The highest BCUT2D eigenvalue weighted by Gasteiger charge is 2.14. The molecule has 118 valence electrons. The quantitative estimate of drug-likeness (QED) is 0.792. The van der Waals surface area contributed by atoms with Crippen molar-refractivity contribution in [2.75, 3.05) is 20.1 Å². The number of likely N-dealkylation sites (N-methyl/N-ethyl adjacent to an activating group) is 1. The lowest BCUT2D eigenvalue weighted by atomic mass is 10.2. The Bertz CT molecular complexity index is 468. The zero-order valence-electron chi connectivity index (χ0n) is 12.1. The monoisotopic (exact) mass is 377 g/mol. The number of nitrogens with one attached hydrogen (secondary N) is 1. The first kappa shape index (κ1) is 19.9. The summed E-state index contributed by atoms with van der Waals surface area (Å²) >= 11 is 3.31. The molecule has 21 heavy (non-hydrogen) atoms. The maximum atomic E-state index is 11.8. The first-order valence-electron chi connectivity index (χ1n) is 6.45. The zero-order chi connectivity index (χ0) is 15.1. The van der Waals surface area contributed by atoms with Crippen molar-refractivity contribution in [1.82, 2.24) is 10.2 Å². The molecule has 0 saturated carbocycles. The van der Waals surface area contributed by atoms with E-state index in [4.69, 9.17) is 5.73 Å². The first-order chi connectivity index (χ1) is 9.45. The van der Waals surface area contributed by atoms with E-state index in [0.717, 1.165) is 4.47 Å². The minimum Gasteiger partial charge on any atom is -0.352 e. The molecule has 0 aliphatic rings. The van der Waals surface area contributed by atoms with Gasteiger partial charge in [0, 0.05) is 42.6 Å². The molecule has 1 aromatic carbocycles. The summed E-state index contributed by atoms with van der Waals surface area (Å²) in [5, 5.41) is 2.73. The van der Waals surface area contributed by atoms with E-state index >= 15 is 0 Å². The van der Waals surface area contributed by atoms with Crippen molar-refractivity contribution in [2.24, 2.45) is 5.73 Å². The third kappa shape index (κ3) is 6.46. The van der Waals surface area contributed by atoms with E-state index in [1.807, 2.05) is 6.92 Å². The van der Waals surface area contributed by atoms with Gasteiger partial charge in [0.15, 0.2) is 0 Å². The molecule has 0 aromatic heterocycles. The third-order valence-electron chi connectivity index (χ3n) is 3.13. The van der Waals surface area contributed by atoms with E-state index in [9.17, 15) is 9.59 Å². The van der Waals surface area contributed by atoms with Gasteiger partial charge in [0.2, 0.25) is 5.91 Å². The molecule has 0 aliphatic heterocycles.